The second-order valence-electron chi connectivity index (χ2n) is 7.45. The highest BCUT2D eigenvalue weighted by atomic mass is 32.1. The van der Waals surface area contributed by atoms with Gasteiger partial charge < -0.3 is 10.6 Å². The van der Waals surface area contributed by atoms with Crippen LogP contribution in [0.25, 0.3) is 0 Å². The SMILES string of the molecule is O=C(CN1CCC[C@@H](C(=O)Nc2nncs2)C1)Nc1ccnn1C1CCCC1. The van der Waals surface area contributed by atoms with E-state index in [0.717, 1.165) is 38.0 Å². The summed E-state index contributed by atoms with van der Waals surface area (Å²) >= 11 is 1.30. The molecule has 0 spiro atoms. The molecule has 1 aliphatic carbocycles. The lowest BCUT2D eigenvalue weighted by Crippen LogP contribution is -2.44. The van der Waals surface area contributed by atoms with Crippen LogP contribution in [0, 0.1) is 5.92 Å². The van der Waals surface area contributed by atoms with Gasteiger partial charge >= 0.3 is 0 Å². The molecule has 9 nitrogen and oxygen atoms in total. The van der Waals surface area contributed by atoms with Crippen molar-refractivity contribution in [2.24, 2.45) is 5.92 Å². The quantitative estimate of drug-likeness (QED) is 0.766. The zero-order valence-corrected chi connectivity index (χ0v) is 16.5. The number of likely N-dealkylation sites (tertiary alicyclic amines) is 1. The molecular formula is C18H25N7O2S. The molecule has 2 fully saturated rings. The number of piperidine rings is 1. The van der Waals surface area contributed by atoms with Crippen molar-refractivity contribution in [1.82, 2.24) is 24.9 Å². The first kappa shape index (κ1) is 19.0. The minimum absolute atomic E-state index is 0.0545. The first-order valence-corrected chi connectivity index (χ1v) is 10.7. The van der Waals surface area contributed by atoms with Gasteiger partial charge in [-0.2, -0.15) is 5.10 Å². The van der Waals surface area contributed by atoms with Crippen LogP contribution in [0.2, 0.25) is 0 Å². The third kappa shape index (κ3) is 4.56. The van der Waals surface area contributed by atoms with Gasteiger partial charge in [0.15, 0.2) is 0 Å². The summed E-state index contributed by atoms with van der Waals surface area (Å²) in [7, 11) is 0. The number of carbonyl (C=O) groups excluding carboxylic acids is 2. The molecule has 2 aromatic heterocycles. The molecular weight excluding hydrogens is 378 g/mol. The maximum atomic E-state index is 12.6. The molecule has 1 aliphatic heterocycles. The smallest absolute Gasteiger partial charge is 0.239 e. The molecule has 150 valence electrons. The normalized spacial score (nSPS) is 20.9. The van der Waals surface area contributed by atoms with Crippen molar-refractivity contribution in [1.29, 1.82) is 0 Å². The first-order chi connectivity index (χ1) is 13.7. The van der Waals surface area contributed by atoms with Crippen molar-refractivity contribution >= 4 is 34.1 Å². The fraction of sp³-hybridized carbons (Fsp3) is 0.611. The Labute approximate surface area is 167 Å². The molecule has 4 rings (SSSR count). The molecule has 2 aromatic rings. The van der Waals surface area contributed by atoms with E-state index < -0.39 is 0 Å². The topological polar surface area (TPSA) is 105 Å². The van der Waals surface area contributed by atoms with E-state index >= 15 is 0 Å². The van der Waals surface area contributed by atoms with Gasteiger partial charge in [0.05, 0.1) is 24.7 Å². The molecule has 3 heterocycles. The van der Waals surface area contributed by atoms with Gasteiger partial charge in [0.25, 0.3) is 0 Å². The predicted octanol–water partition coefficient (Wildman–Crippen LogP) is 2.14. The van der Waals surface area contributed by atoms with E-state index in [2.05, 4.69) is 25.9 Å². The Bertz CT molecular complexity index is 801. The van der Waals surface area contributed by atoms with Gasteiger partial charge in [-0.3, -0.25) is 14.5 Å². The Balaban J connectivity index is 1.29. The minimum atomic E-state index is -0.144. The average Bonchev–Trinajstić information content (AvgIpc) is 3.44. The Kier molecular flexibility index (Phi) is 5.96. The number of rotatable bonds is 6. The van der Waals surface area contributed by atoms with Crippen LogP contribution >= 0.6 is 11.3 Å². The monoisotopic (exact) mass is 403 g/mol. The maximum absolute atomic E-state index is 12.6. The van der Waals surface area contributed by atoms with Gasteiger partial charge in [0, 0.05) is 12.6 Å². The summed E-state index contributed by atoms with van der Waals surface area (Å²) in [5.74, 6) is 0.500. The lowest BCUT2D eigenvalue weighted by atomic mass is 9.97. The highest BCUT2D eigenvalue weighted by Gasteiger charge is 2.28. The van der Waals surface area contributed by atoms with Crippen molar-refractivity contribution in [3.63, 3.8) is 0 Å². The minimum Gasteiger partial charge on any atom is -0.310 e. The molecule has 0 aromatic carbocycles. The van der Waals surface area contributed by atoms with Crippen LogP contribution in [-0.2, 0) is 9.59 Å². The predicted molar refractivity (Wildman–Crippen MR) is 106 cm³/mol. The highest BCUT2D eigenvalue weighted by molar-refractivity contribution is 7.13. The number of nitrogens with one attached hydrogen (secondary N) is 2. The van der Waals surface area contributed by atoms with Gasteiger partial charge in [-0.15, -0.1) is 10.2 Å². The highest BCUT2D eigenvalue weighted by Crippen LogP contribution is 2.31. The summed E-state index contributed by atoms with van der Waals surface area (Å²) in [6.07, 6.45) is 8.10. The van der Waals surface area contributed by atoms with Gasteiger partial charge in [-0.05, 0) is 32.2 Å². The van der Waals surface area contributed by atoms with E-state index in [1.54, 1.807) is 11.7 Å². The lowest BCUT2D eigenvalue weighted by molar-refractivity contribution is -0.123. The lowest BCUT2D eigenvalue weighted by Gasteiger charge is -2.31. The van der Waals surface area contributed by atoms with Crippen LogP contribution in [0.1, 0.15) is 44.6 Å². The van der Waals surface area contributed by atoms with Crippen molar-refractivity contribution in [3.8, 4) is 0 Å². The van der Waals surface area contributed by atoms with Gasteiger partial charge in [0.1, 0.15) is 11.3 Å². The molecule has 1 saturated carbocycles. The number of hydrogen-bond donors (Lipinski definition) is 2. The molecule has 1 saturated heterocycles. The first-order valence-electron chi connectivity index (χ1n) is 9.82. The molecule has 2 N–H and O–H groups in total. The molecule has 0 unspecified atom stereocenters. The summed E-state index contributed by atoms with van der Waals surface area (Å²) in [6.45, 7) is 1.66. The zero-order valence-electron chi connectivity index (χ0n) is 15.7. The number of carbonyl (C=O) groups is 2. The van der Waals surface area contributed by atoms with Crippen LogP contribution in [-0.4, -0.2) is 56.3 Å². The Morgan fingerprint density at radius 2 is 2.04 bits per heavy atom. The van der Waals surface area contributed by atoms with Crippen LogP contribution < -0.4 is 10.6 Å². The van der Waals surface area contributed by atoms with Crippen LogP contribution in [0.5, 0.6) is 0 Å². The molecule has 0 radical (unpaired) electrons. The van der Waals surface area contributed by atoms with Crippen LogP contribution in [0.3, 0.4) is 0 Å². The van der Waals surface area contributed by atoms with Crippen molar-refractivity contribution in [2.45, 2.75) is 44.6 Å². The van der Waals surface area contributed by atoms with E-state index in [1.165, 1.54) is 24.2 Å². The van der Waals surface area contributed by atoms with Crippen molar-refractivity contribution < 1.29 is 9.59 Å². The van der Waals surface area contributed by atoms with Crippen LogP contribution in [0.4, 0.5) is 10.9 Å². The van der Waals surface area contributed by atoms with E-state index in [9.17, 15) is 9.59 Å². The van der Waals surface area contributed by atoms with Gasteiger partial charge in [-0.1, -0.05) is 24.2 Å². The summed E-state index contributed by atoms with van der Waals surface area (Å²) in [4.78, 5) is 27.0. The molecule has 2 amide bonds. The fourth-order valence-electron chi connectivity index (χ4n) is 4.09. The Morgan fingerprint density at radius 1 is 1.18 bits per heavy atom. The second kappa shape index (κ2) is 8.78. The number of anilines is 2. The number of nitrogens with zero attached hydrogens (tertiary/aromatic N) is 5. The summed E-state index contributed by atoms with van der Waals surface area (Å²) in [5, 5.41) is 18.3. The van der Waals surface area contributed by atoms with E-state index in [4.69, 9.17) is 0 Å². The zero-order chi connectivity index (χ0) is 19.3. The Morgan fingerprint density at radius 3 is 2.82 bits per heavy atom. The van der Waals surface area contributed by atoms with Crippen LogP contribution in [0.15, 0.2) is 17.8 Å². The molecule has 28 heavy (non-hydrogen) atoms. The van der Waals surface area contributed by atoms with Gasteiger partial charge in [0.2, 0.25) is 16.9 Å². The molecule has 2 aliphatic rings. The van der Waals surface area contributed by atoms with Crippen molar-refractivity contribution in [3.05, 3.63) is 17.8 Å². The fourth-order valence-corrected chi connectivity index (χ4v) is 4.53. The Hall–Kier alpha value is -2.33. The molecule has 0 bridgehead atoms. The van der Waals surface area contributed by atoms with E-state index in [-0.39, 0.29) is 24.3 Å². The third-order valence-electron chi connectivity index (χ3n) is 5.44. The van der Waals surface area contributed by atoms with Crippen molar-refractivity contribution in [2.75, 3.05) is 30.3 Å². The summed E-state index contributed by atoms with van der Waals surface area (Å²) < 4.78 is 1.94. The van der Waals surface area contributed by atoms with E-state index in [0.29, 0.717) is 17.7 Å². The maximum Gasteiger partial charge on any atom is 0.239 e. The molecule has 1 atom stereocenters. The largest absolute Gasteiger partial charge is 0.310 e. The van der Waals surface area contributed by atoms with Gasteiger partial charge in [-0.25, -0.2) is 4.68 Å². The number of aromatic nitrogens is 4. The summed E-state index contributed by atoms with van der Waals surface area (Å²) in [6, 6.07) is 2.23. The summed E-state index contributed by atoms with van der Waals surface area (Å²) in [5.41, 5.74) is 1.59. The third-order valence-corrected chi connectivity index (χ3v) is 6.05. The number of amides is 2. The average molecular weight is 404 g/mol. The number of hydrogen-bond acceptors (Lipinski definition) is 7. The standard InChI is InChI=1S/C18H25N7O2S/c26-16(21-15-7-8-20-25(15)14-5-1-2-6-14)11-24-9-3-4-13(10-24)17(27)22-18-23-19-12-28-18/h7-8,12-14H,1-6,9-11H2,(H,21,26)(H,22,23,27)/t13-/m1/s1. The molecule has 10 heteroatoms. The van der Waals surface area contributed by atoms with E-state index in [1.807, 2.05) is 15.6 Å². The second-order valence-corrected chi connectivity index (χ2v) is 8.29.